The van der Waals surface area contributed by atoms with Crippen molar-refractivity contribution in [2.24, 2.45) is 5.92 Å². The monoisotopic (exact) mass is 294 g/mol. The number of carboxylic acids is 1. The number of halogens is 1. The summed E-state index contributed by atoms with van der Waals surface area (Å²) in [5, 5.41) is 9.78. The smallest absolute Gasteiger partial charge is 0.337 e. The summed E-state index contributed by atoms with van der Waals surface area (Å²) in [6.07, 6.45) is 2.75. The maximum atomic E-state index is 11.3. The summed E-state index contributed by atoms with van der Waals surface area (Å²) < 4.78 is 0. The molecule has 1 saturated heterocycles. The third kappa shape index (κ3) is 3.07. The zero-order valence-electron chi connectivity index (χ0n) is 11.4. The van der Waals surface area contributed by atoms with Crippen LogP contribution in [-0.2, 0) is 0 Å². The highest BCUT2D eigenvalue weighted by molar-refractivity contribution is 6.31. The molecule has 1 aromatic carbocycles. The van der Waals surface area contributed by atoms with E-state index in [9.17, 15) is 9.90 Å². The van der Waals surface area contributed by atoms with Gasteiger partial charge in [0.05, 0.1) is 11.3 Å². The molecule has 3 rings (SSSR count). The molecule has 0 spiro atoms. The van der Waals surface area contributed by atoms with Crippen molar-refractivity contribution in [2.75, 3.05) is 37.6 Å². The molecule has 108 valence electrons. The molecule has 0 amide bonds. The number of piperazine rings is 1. The Bertz CT molecular complexity index is 509. The molecular weight excluding hydrogens is 276 g/mol. The van der Waals surface area contributed by atoms with Crippen LogP contribution in [0, 0.1) is 5.92 Å². The quantitative estimate of drug-likeness (QED) is 0.927. The second kappa shape index (κ2) is 5.62. The normalized spacial score (nSPS) is 20.1. The van der Waals surface area contributed by atoms with E-state index >= 15 is 0 Å². The van der Waals surface area contributed by atoms with E-state index in [4.69, 9.17) is 11.6 Å². The summed E-state index contributed by atoms with van der Waals surface area (Å²) in [7, 11) is 0. The van der Waals surface area contributed by atoms with Gasteiger partial charge < -0.3 is 10.0 Å². The van der Waals surface area contributed by atoms with E-state index in [2.05, 4.69) is 9.80 Å². The Labute approximate surface area is 123 Å². The van der Waals surface area contributed by atoms with E-state index in [1.165, 1.54) is 25.5 Å². The van der Waals surface area contributed by atoms with Crippen molar-refractivity contribution in [1.82, 2.24) is 4.90 Å². The van der Waals surface area contributed by atoms with Gasteiger partial charge in [-0.3, -0.25) is 4.90 Å². The lowest BCUT2D eigenvalue weighted by Gasteiger charge is -2.36. The average Bonchev–Trinajstić information content (AvgIpc) is 3.24. The van der Waals surface area contributed by atoms with Gasteiger partial charge in [0, 0.05) is 37.7 Å². The molecule has 4 nitrogen and oxygen atoms in total. The van der Waals surface area contributed by atoms with Gasteiger partial charge in [-0.1, -0.05) is 11.6 Å². The number of hydrogen-bond acceptors (Lipinski definition) is 3. The summed E-state index contributed by atoms with van der Waals surface area (Å²) in [6.45, 7) is 5.00. The first kappa shape index (κ1) is 13.7. The van der Waals surface area contributed by atoms with E-state index in [1.54, 1.807) is 6.07 Å². The molecule has 0 atom stereocenters. The van der Waals surface area contributed by atoms with E-state index in [0.29, 0.717) is 10.6 Å². The van der Waals surface area contributed by atoms with Gasteiger partial charge in [-0.15, -0.1) is 0 Å². The molecule has 0 unspecified atom stereocenters. The maximum Gasteiger partial charge on any atom is 0.337 e. The fraction of sp³-hybridized carbons (Fsp3) is 0.533. The Kier molecular flexibility index (Phi) is 3.85. The molecule has 1 saturated carbocycles. The van der Waals surface area contributed by atoms with Gasteiger partial charge in [-0.25, -0.2) is 4.79 Å². The van der Waals surface area contributed by atoms with Crippen molar-refractivity contribution in [3.05, 3.63) is 28.8 Å². The van der Waals surface area contributed by atoms with Crippen molar-refractivity contribution in [3.63, 3.8) is 0 Å². The Hall–Kier alpha value is -1.26. The molecule has 1 N–H and O–H groups in total. The zero-order chi connectivity index (χ0) is 14.1. The number of benzene rings is 1. The first-order valence-corrected chi connectivity index (χ1v) is 7.51. The Morgan fingerprint density at radius 2 is 1.95 bits per heavy atom. The predicted octanol–water partition coefficient (Wildman–Crippen LogP) is 2.57. The number of rotatable bonds is 4. The molecule has 2 aliphatic rings. The van der Waals surface area contributed by atoms with Crippen LogP contribution >= 0.6 is 11.6 Å². The highest BCUT2D eigenvalue weighted by atomic mass is 35.5. The maximum absolute atomic E-state index is 11.3. The van der Waals surface area contributed by atoms with Crippen LogP contribution < -0.4 is 4.90 Å². The highest BCUT2D eigenvalue weighted by Crippen LogP contribution is 2.31. The number of nitrogens with zero attached hydrogens (tertiary/aromatic N) is 2. The van der Waals surface area contributed by atoms with Crippen molar-refractivity contribution in [3.8, 4) is 0 Å². The zero-order valence-corrected chi connectivity index (χ0v) is 12.1. The van der Waals surface area contributed by atoms with Crippen molar-refractivity contribution < 1.29 is 9.90 Å². The number of aromatic carboxylic acids is 1. The minimum Gasteiger partial charge on any atom is -0.478 e. The Morgan fingerprint density at radius 1 is 1.25 bits per heavy atom. The van der Waals surface area contributed by atoms with Crippen LogP contribution in [0.1, 0.15) is 23.2 Å². The molecule has 0 aromatic heterocycles. The van der Waals surface area contributed by atoms with Crippen LogP contribution in [-0.4, -0.2) is 48.7 Å². The van der Waals surface area contributed by atoms with E-state index < -0.39 is 5.97 Å². The van der Waals surface area contributed by atoms with Gasteiger partial charge in [0.1, 0.15) is 0 Å². The fourth-order valence-electron chi connectivity index (χ4n) is 2.79. The standard InChI is InChI=1S/C15H19ClN2O2/c16-12-3-4-14(13(9-12)15(19)20)18-7-5-17(6-8-18)10-11-1-2-11/h3-4,9,11H,1-2,5-8,10H2,(H,19,20). The lowest BCUT2D eigenvalue weighted by molar-refractivity contribution is 0.0697. The largest absolute Gasteiger partial charge is 0.478 e. The van der Waals surface area contributed by atoms with E-state index in [-0.39, 0.29) is 0 Å². The SMILES string of the molecule is O=C(O)c1cc(Cl)ccc1N1CCN(CC2CC2)CC1. The highest BCUT2D eigenvalue weighted by Gasteiger charge is 2.27. The van der Waals surface area contributed by atoms with Crippen LogP contribution in [0.2, 0.25) is 5.02 Å². The van der Waals surface area contributed by atoms with Gasteiger partial charge in [0.25, 0.3) is 0 Å². The Morgan fingerprint density at radius 3 is 2.55 bits per heavy atom. The molecule has 0 radical (unpaired) electrons. The first-order valence-electron chi connectivity index (χ1n) is 7.13. The second-order valence-corrected chi connectivity index (χ2v) is 6.13. The molecule has 5 heteroatoms. The number of carboxylic acid groups (broad SMARTS) is 1. The van der Waals surface area contributed by atoms with Crippen molar-refractivity contribution >= 4 is 23.3 Å². The van der Waals surface area contributed by atoms with Gasteiger partial charge in [0.15, 0.2) is 0 Å². The number of anilines is 1. The third-order valence-electron chi connectivity index (χ3n) is 4.12. The second-order valence-electron chi connectivity index (χ2n) is 5.70. The molecule has 1 aliphatic carbocycles. The van der Waals surface area contributed by atoms with Gasteiger partial charge >= 0.3 is 5.97 Å². The summed E-state index contributed by atoms with van der Waals surface area (Å²) in [5.41, 5.74) is 1.08. The molecule has 1 aromatic rings. The molecular formula is C15H19ClN2O2. The van der Waals surface area contributed by atoms with E-state index in [0.717, 1.165) is 37.8 Å². The summed E-state index contributed by atoms with van der Waals surface area (Å²) in [4.78, 5) is 16.0. The minimum absolute atomic E-state index is 0.299. The van der Waals surface area contributed by atoms with Gasteiger partial charge in [0.2, 0.25) is 0 Å². The van der Waals surface area contributed by atoms with E-state index in [1.807, 2.05) is 6.07 Å². The predicted molar refractivity (Wildman–Crippen MR) is 79.8 cm³/mol. The van der Waals surface area contributed by atoms with Crippen molar-refractivity contribution in [1.29, 1.82) is 0 Å². The first-order chi connectivity index (χ1) is 9.63. The van der Waals surface area contributed by atoms with Crippen LogP contribution in [0.4, 0.5) is 5.69 Å². The summed E-state index contributed by atoms with van der Waals surface area (Å²) >= 11 is 5.90. The molecule has 2 fully saturated rings. The van der Waals surface area contributed by atoms with Crippen LogP contribution in [0.15, 0.2) is 18.2 Å². The average molecular weight is 295 g/mol. The van der Waals surface area contributed by atoms with Gasteiger partial charge in [-0.2, -0.15) is 0 Å². The lowest BCUT2D eigenvalue weighted by Crippen LogP contribution is -2.47. The molecule has 1 heterocycles. The van der Waals surface area contributed by atoms with Crippen molar-refractivity contribution in [2.45, 2.75) is 12.8 Å². The van der Waals surface area contributed by atoms with Gasteiger partial charge in [-0.05, 0) is 37.0 Å². The number of hydrogen-bond donors (Lipinski definition) is 1. The van der Waals surface area contributed by atoms with Crippen LogP contribution in [0.5, 0.6) is 0 Å². The van der Waals surface area contributed by atoms with Crippen LogP contribution in [0.3, 0.4) is 0 Å². The molecule has 1 aliphatic heterocycles. The lowest BCUT2D eigenvalue weighted by atomic mass is 10.1. The third-order valence-corrected chi connectivity index (χ3v) is 4.35. The topological polar surface area (TPSA) is 43.8 Å². The van der Waals surface area contributed by atoms with Crippen LogP contribution in [0.25, 0.3) is 0 Å². The number of carbonyl (C=O) groups is 1. The summed E-state index contributed by atoms with van der Waals surface area (Å²) in [5.74, 6) is -0.00503. The minimum atomic E-state index is -0.914. The molecule has 0 bridgehead atoms. The fourth-order valence-corrected chi connectivity index (χ4v) is 2.96. The summed E-state index contributed by atoms with van der Waals surface area (Å²) in [6, 6.07) is 5.12. The Balaban J connectivity index is 1.69. The molecule has 20 heavy (non-hydrogen) atoms.